The lowest BCUT2D eigenvalue weighted by atomic mass is 10.1. The SMILES string of the molecule is Cc1cc(Cn2cnc(I)n2)ccc1Cl. The fourth-order valence-corrected chi connectivity index (χ4v) is 1.86. The van der Waals surface area contributed by atoms with Crippen LogP contribution in [0.2, 0.25) is 5.02 Å². The number of rotatable bonds is 2. The molecule has 78 valence electrons. The minimum atomic E-state index is 0.730. The van der Waals surface area contributed by atoms with Gasteiger partial charge < -0.3 is 0 Å². The van der Waals surface area contributed by atoms with Crippen LogP contribution >= 0.6 is 34.2 Å². The summed E-state index contributed by atoms with van der Waals surface area (Å²) in [6, 6.07) is 5.98. The Labute approximate surface area is 107 Å². The van der Waals surface area contributed by atoms with Crippen molar-refractivity contribution in [3.05, 3.63) is 44.5 Å². The fraction of sp³-hybridized carbons (Fsp3) is 0.200. The van der Waals surface area contributed by atoms with Crippen LogP contribution in [0.3, 0.4) is 0 Å². The molecule has 0 saturated carbocycles. The van der Waals surface area contributed by atoms with Gasteiger partial charge in [0.05, 0.1) is 6.54 Å². The molecule has 0 spiro atoms. The van der Waals surface area contributed by atoms with Crippen molar-refractivity contribution in [1.29, 1.82) is 0 Å². The van der Waals surface area contributed by atoms with E-state index in [1.807, 2.05) is 23.7 Å². The van der Waals surface area contributed by atoms with E-state index in [2.05, 4.69) is 38.7 Å². The molecule has 2 aromatic rings. The van der Waals surface area contributed by atoms with Gasteiger partial charge in [-0.1, -0.05) is 23.7 Å². The number of hydrogen-bond donors (Lipinski definition) is 0. The molecule has 5 heteroatoms. The van der Waals surface area contributed by atoms with E-state index in [9.17, 15) is 0 Å². The second-order valence-corrected chi connectivity index (χ2v) is 4.67. The van der Waals surface area contributed by atoms with Crippen molar-refractivity contribution < 1.29 is 0 Å². The van der Waals surface area contributed by atoms with Crippen molar-refractivity contribution in [3.8, 4) is 0 Å². The summed E-state index contributed by atoms with van der Waals surface area (Å²) in [5, 5.41) is 5.02. The largest absolute Gasteiger partial charge is 0.247 e. The van der Waals surface area contributed by atoms with Gasteiger partial charge in [-0.15, -0.1) is 5.10 Å². The second-order valence-electron chi connectivity index (χ2n) is 3.29. The van der Waals surface area contributed by atoms with Gasteiger partial charge in [0.1, 0.15) is 6.33 Å². The van der Waals surface area contributed by atoms with Crippen LogP contribution in [0.15, 0.2) is 24.5 Å². The van der Waals surface area contributed by atoms with E-state index in [0.29, 0.717) is 0 Å². The Bertz CT molecular complexity index is 481. The monoisotopic (exact) mass is 333 g/mol. The molecule has 0 N–H and O–H groups in total. The van der Waals surface area contributed by atoms with Crippen LogP contribution in [0.4, 0.5) is 0 Å². The highest BCUT2D eigenvalue weighted by molar-refractivity contribution is 14.1. The van der Waals surface area contributed by atoms with Gasteiger partial charge in [0.2, 0.25) is 3.83 Å². The topological polar surface area (TPSA) is 30.7 Å². The average molecular weight is 334 g/mol. The predicted molar refractivity (Wildman–Crippen MR) is 68.0 cm³/mol. The van der Waals surface area contributed by atoms with Crippen LogP contribution in [0.5, 0.6) is 0 Å². The molecular weight excluding hydrogens is 324 g/mol. The van der Waals surface area contributed by atoms with E-state index in [1.165, 1.54) is 5.56 Å². The number of aryl methyl sites for hydroxylation is 1. The van der Waals surface area contributed by atoms with Gasteiger partial charge in [-0.25, -0.2) is 9.67 Å². The molecule has 0 aliphatic rings. The van der Waals surface area contributed by atoms with Gasteiger partial charge in [0.25, 0.3) is 0 Å². The van der Waals surface area contributed by atoms with Crippen molar-refractivity contribution in [2.45, 2.75) is 13.5 Å². The highest BCUT2D eigenvalue weighted by Gasteiger charge is 2.00. The first-order valence-electron chi connectivity index (χ1n) is 4.45. The predicted octanol–water partition coefficient (Wildman–Crippen LogP) is 2.89. The van der Waals surface area contributed by atoms with E-state index >= 15 is 0 Å². The quantitative estimate of drug-likeness (QED) is 0.791. The minimum Gasteiger partial charge on any atom is -0.247 e. The van der Waals surface area contributed by atoms with Gasteiger partial charge in [-0.3, -0.25) is 0 Å². The second kappa shape index (κ2) is 4.49. The first-order valence-corrected chi connectivity index (χ1v) is 5.91. The number of benzene rings is 1. The van der Waals surface area contributed by atoms with Crippen LogP contribution in [0.1, 0.15) is 11.1 Å². The highest BCUT2D eigenvalue weighted by Crippen LogP contribution is 2.16. The van der Waals surface area contributed by atoms with Crippen LogP contribution in [0, 0.1) is 10.8 Å². The van der Waals surface area contributed by atoms with Crippen molar-refractivity contribution in [1.82, 2.24) is 14.8 Å². The first kappa shape index (κ1) is 10.9. The summed E-state index contributed by atoms with van der Waals surface area (Å²) in [5.41, 5.74) is 2.27. The molecule has 15 heavy (non-hydrogen) atoms. The van der Waals surface area contributed by atoms with Crippen molar-refractivity contribution in [2.24, 2.45) is 0 Å². The van der Waals surface area contributed by atoms with Crippen LogP contribution < -0.4 is 0 Å². The van der Waals surface area contributed by atoms with E-state index in [0.717, 1.165) is 21.0 Å². The Hall–Kier alpha value is -0.620. The third kappa shape index (κ3) is 2.69. The molecule has 0 radical (unpaired) electrons. The lowest BCUT2D eigenvalue weighted by molar-refractivity contribution is 0.680. The Morgan fingerprint density at radius 2 is 2.27 bits per heavy atom. The van der Waals surface area contributed by atoms with Crippen LogP contribution in [-0.4, -0.2) is 14.8 Å². The zero-order valence-electron chi connectivity index (χ0n) is 8.11. The third-order valence-corrected chi connectivity index (χ3v) is 2.99. The van der Waals surface area contributed by atoms with Crippen LogP contribution in [-0.2, 0) is 6.54 Å². The van der Waals surface area contributed by atoms with Gasteiger partial charge in [-0.05, 0) is 24.1 Å². The molecule has 0 amide bonds. The van der Waals surface area contributed by atoms with Gasteiger partial charge in [0.15, 0.2) is 0 Å². The molecule has 0 atom stereocenters. The molecule has 1 aromatic carbocycles. The lowest BCUT2D eigenvalue weighted by Crippen LogP contribution is -2.00. The Balaban J connectivity index is 2.21. The van der Waals surface area contributed by atoms with Crippen molar-refractivity contribution >= 4 is 34.2 Å². The third-order valence-electron chi connectivity index (χ3n) is 2.08. The Morgan fingerprint density at radius 3 is 2.87 bits per heavy atom. The highest BCUT2D eigenvalue weighted by atomic mass is 127. The summed E-state index contributed by atoms with van der Waals surface area (Å²) >= 11 is 8.04. The number of halogens is 2. The summed E-state index contributed by atoms with van der Waals surface area (Å²) in [6.45, 7) is 2.73. The Kier molecular flexibility index (Phi) is 3.25. The standard InChI is InChI=1S/C10H9ClIN3/c1-7-4-8(2-3-9(7)11)5-15-6-13-10(12)14-15/h2-4,6H,5H2,1H3. The molecule has 0 unspecified atom stereocenters. The van der Waals surface area contributed by atoms with E-state index < -0.39 is 0 Å². The molecule has 1 heterocycles. The van der Waals surface area contributed by atoms with E-state index in [-0.39, 0.29) is 0 Å². The average Bonchev–Trinajstić information content (AvgIpc) is 2.58. The number of nitrogens with zero attached hydrogens (tertiary/aromatic N) is 3. The Morgan fingerprint density at radius 1 is 1.47 bits per heavy atom. The van der Waals surface area contributed by atoms with E-state index in [4.69, 9.17) is 11.6 Å². The molecule has 0 saturated heterocycles. The lowest BCUT2D eigenvalue weighted by Gasteiger charge is -2.03. The zero-order chi connectivity index (χ0) is 10.8. The maximum atomic E-state index is 5.95. The molecule has 2 rings (SSSR count). The fourth-order valence-electron chi connectivity index (χ4n) is 1.34. The number of aromatic nitrogens is 3. The molecular formula is C10H9ClIN3. The summed E-state index contributed by atoms with van der Waals surface area (Å²) in [5.74, 6) is 0. The van der Waals surface area contributed by atoms with Crippen molar-refractivity contribution in [3.63, 3.8) is 0 Å². The zero-order valence-corrected chi connectivity index (χ0v) is 11.0. The number of hydrogen-bond acceptors (Lipinski definition) is 2. The maximum Gasteiger partial charge on any atom is 0.211 e. The first-order chi connectivity index (χ1) is 7.15. The van der Waals surface area contributed by atoms with Gasteiger partial charge in [-0.2, -0.15) is 0 Å². The molecule has 0 aliphatic carbocycles. The normalized spacial score (nSPS) is 10.6. The molecule has 0 bridgehead atoms. The van der Waals surface area contributed by atoms with Crippen LogP contribution in [0.25, 0.3) is 0 Å². The summed E-state index contributed by atoms with van der Waals surface area (Å²) in [6.07, 6.45) is 1.73. The summed E-state index contributed by atoms with van der Waals surface area (Å²) in [7, 11) is 0. The summed E-state index contributed by atoms with van der Waals surface area (Å²) in [4.78, 5) is 4.07. The minimum absolute atomic E-state index is 0.730. The molecule has 0 fully saturated rings. The van der Waals surface area contributed by atoms with Gasteiger partial charge >= 0.3 is 0 Å². The van der Waals surface area contributed by atoms with Gasteiger partial charge in [0, 0.05) is 27.6 Å². The molecule has 3 nitrogen and oxygen atoms in total. The van der Waals surface area contributed by atoms with E-state index in [1.54, 1.807) is 6.33 Å². The molecule has 0 aliphatic heterocycles. The molecule has 1 aromatic heterocycles. The summed E-state index contributed by atoms with van der Waals surface area (Å²) < 4.78 is 2.57. The van der Waals surface area contributed by atoms with Crippen molar-refractivity contribution in [2.75, 3.05) is 0 Å². The maximum absolute atomic E-state index is 5.95. The smallest absolute Gasteiger partial charge is 0.211 e.